The van der Waals surface area contributed by atoms with Gasteiger partial charge in [0.2, 0.25) is 0 Å². The molecule has 1 aromatic heterocycles. The summed E-state index contributed by atoms with van der Waals surface area (Å²) >= 11 is 11.5. The molecule has 0 atom stereocenters. The molecule has 0 amide bonds. The molecule has 2 rings (SSSR count). The molecule has 1 heterocycles. The zero-order valence-corrected chi connectivity index (χ0v) is 9.74. The molecule has 2 aromatic rings. The average molecular weight is 258 g/mol. The highest BCUT2D eigenvalue weighted by Crippen LogP contribution is 2.18. The summed E-state index contributed by atoms with van der Waals surface area (Å²) < 4.78 is 6.96. The molecule has 0 aliphatic heterocycles. The van der Waals surface area contributed by atoms with E-state index in [1.807, 2.05) is 0 Å². The van der Waals surface area contributed by atoms with E-state index in [2.05, 4.69) is 5.10 Å². The summed E-state index contributed by atoms with van der Waals surface area (Å²) in [5.41, 5.74) is 5.49. The van der Waals surface area contributed by atoms with Crippen LogP contribution in [0.1, 0.15) is 0 Å². The van der Waals surface area contributed by atoms with Gasteiger partial charge in [0.05, 0.1) is 0 Å². The van der Waals surface area contributed by atoms with E-state index < -0.39 is 0 Å². The normalized spacial score (nSPS) is 10.4. The topological polar surface area (TPSA) is 53.1 Å². The van der Waals surface area contributed by atoms with Crippen molar-refractivity contribution < 1.29 is 4.74 Å². The van der Waals surface area contributed by atoms with E-state index in [1.54, 1.807) is 30.5 Å². The average Bonchev–Trinajstić information content (AvgIpc) is 2.58. The van der Waals surface area contributed by atoms with Crippen LogP contribution in [0.5, 0.6) is 5.75 Å². The van der Waals surface area contributed by atoms with Gasteiger partial charge in [-0.3, -0.25) is 0 Å². The van der Waals surface area contributed by atoms with Crippen LogP contribution in [0, 0.1) is 0 Å². The quantitative estimate of drug-likeness (QED) is 0.920. The van der Waals surface area contributed by atoms with Gasteiger partial charge >= 0.3 is 0 Å². The number of nitrogens with zero attached hydrogens (tertiary/aromatic N) is 2. The van der Waals surface area contributed by atoms with Crippen LogP contribution in [0.25, 0.3) is 0 Å². The third-order valence-corrected chi connectivity index (χ3v) is 2.46. The van der Waals surface area contributed by atoms with Gasteiger partial charge in [-0.1, -0.05) is 23.2 Å². The molecule has 2 N–H and O–H groups in total. The van der Waals surface area contributed by atoms with Gasteiger partial charge in [0.15, 0.2) is 12.5 Å². The standard InChI is InChI=1S/C10H9Cl2N3O/c11-7-1-3-8(4-2-7)16-6-15-5-9(12)10(13)14-15/h1-5H,6H2,(H2,13,14). The van der Waals surface area contributed by atoms with E-state index in [4.69, 9.17) is 33.7 Å². The van der Waals surface area contributed by atoms with Crippen LogP contribution in [0.15, 0.2) is 30.5 Å². The maximum atomic E-state index is 5.75. The smallest absolute Gasteiger partial charge is 0.181 e. The van der Waals surface area contributed by atoms with E-state index in [0.29, 0.717) is 21.6 Å². The lowest BCUT2D eigenvalue weighted by Crippen LogP contribution is -2.05. The number of ether oxygens (including phenoxy) is 1. The minimum atomic E-state index is 0.249. The molecule has 0 radical (unpaired) electrons. The molecule has 0 aliphatic rings. The van der Waals surface area contributed by atoms with Crippen LogP contribution in [-0.4, -0.2) is 9.78 Å². The predicted molar refractivity (Wildman–Crippen MR) is 63.7 cm³/mol. The summed E-state index contributed by atoms with van der Waals surface area (Å²) in [6.45, 7) is 0.249. The van der Waals surface area contributed by atoms with Crippen LogP contribution >= 0.6 is 23.2 Å². The number of rotatable bonds is 3. The SMILES string of the molecule is Nc1nn(COc2ccc(Cl)cc2)cc1Cl. The van der Waals surface area contributed by atoms with Crippen LogP contribution in [-0.2, 0) is 6.73 Å². The number of nitrogens with two attached hydrogens (primary N) is 1. The van der Waals surface area contributed by atoms with Crippen molar-refractivity contribution in [1.82, 2.24) is 9.78 Å². The summed E-state index contributed by atoms with van der Waals surface area (Å²) in [5, 5.41) is 5.04. The number of hydrogen-bond acceptors (Lipinski definition) is 3. The molecular formula is C10H9Cl2N3O. The Labute approximate surface area is 103 Å². The maximum absolute atomic E-state index is 5.75. The Morgan fingerprint density at radius 3 is 2.50 bits per heavy atom. The third-order valence-electron chi connectivity index (χ3n) is 1.92. The lowest BCUT2D eigenvalue weighted by Gasteiger charge is -2.05. The molecule has 84 valence electrons. The van der Waals surface area contributed by atoms with Crippen molar-refractivity contribution in [3.8, 4) is 5.75 Å². The fourth-order valence-electron chi connectivity index (χ4n) is 1.15. The van der Waals surface area contributed by atoms with E-state index >= 15 is 0 Å². The molecule has 1 aromatic carbocycles. The zero-order valence-electron chi connectivity index (χ0n) is 8.23. The number of aromatic nitrogens is 2. The Morgan fingerprint density at radius 1 is 1.25 bits per heavy atom. The summed E-state index contributed by atoms with van der Waals surface area (Å²) in [5.74, 6) is 0.996. The minimum absolute atomic E-state index is 0.249. The third kappa shape index (κ3) is 2.59. The first kappa shape index (κ1) is 11.1. The van der Waals surface area contributed by atoms with Crippen molar-refractivity contribution >= 4 is 29.0 Å². The Morgan fingerprint density at radius 2 is 1.94 bits per heavy atom. The Balaban J connectivity index is 1.99. The van der Waals surface area contributed by atoms with Gasteiger partial charge in [-0.05, 0) is 24.3 Å². The van der Waals surface area contributed by atoms with Gasteiger partial charge < -0.3 is 10.5 Å². The molecule has 0 aliphatic carbocycles. The first-order valence-corrected chi connectivity index (χ1v) is 5.27. The molecule has 4 nitrogen and oxygen atoms in total. The van der Waals surface area contributed by atoms with E-state index in [9.17, 15) is 0 Å². The molecule has 0 unspecified atom stereocenters. The molecule has 0 fully saturated rings. The highest BCUT2D eigenvalue weighted by Gasteiger charge is 2.02. The highest BCUT2D eigenvalue weighted by atomic mass is 35.5. The van der Waals surface area contributed by atoms with Crippen molar-refractivity contribution in [3.05, 3.63) is 40.5 Å². The molecule has 16 heavy (non-hydrogen) atoms. The number of nitrogen functional groups attached to an aromatic ring is 1. The number of hydrogen-bond donors (Lipinski definition) is 1. The lowest BCUT2D eigenvalue weighted by molar-refractivity contribution is 0.221. The maximum Gasteiger partial charge on any atom is 0.181 e. The Bertz CT molecular complexity index is 462. The zero-order chi connectivity index (χ0) is 11.5. The molecule has 0 saturated heterocycles. The van der Waals surface area contributed by atoms with Gasteiger partial charge in [-0.2, -0.15) is 5.10 Å². The molecule has 0 bridgehead atoms. The Hall–Kier alpha value is -1.39. The van der Waals surface area contributed by atoms with Crippen molar-refractivity contribution in [2.45, 2.75) is 6.73 Å². The number of benzene rings is 1. The molecule has 6 heteroatoms. The van der Waals surface area contributed by atoms with E-state index in [0.717, 1.165) is 0 Å². The van der Waals surface area contributed by atoms with Gasteiger partial charge in [-0.25, -0.2) is 4.68 Å². The number of halogens is 2. The fourth-order valence-corrected chi connectivity index (χ4v) is 1.43. The molecular weight excluding hydrogens is 249 g/mol. The molecule has 0 saturated carbocycles. The van der Waals surface area contributed by atoms with Gasteiger partial charge in [0.1, 0.15) is 10.8 Å². The largest absolute Gasteiger partial charge is 0.471 e. The van der Waals surface area contributed by atoms with Crippen molar-refractivity contribution in [2.24, 2.45) is 0 Å². The minimum Gasteiger partial charge on any atom is -0.471 e. The summed E-state index contributed by atoms with van der Waals surface area (Å²) in [6.07, 6.45) is 1.60. The van der Waals surface area contributed by atoms with Gasteiger partial charge in [0, 0.05) is 11.2 Å². The van der Waals surface area contributed by atoms with E-state index in [-0.39, 0.29) is 6.73 Å². The lowest BCUT2D eigenvalue weighted by atomic mass is 10.3. The number of anilines is 1. The second kappa shape index (κ2) is 4.63. The van der Waals surface area contributed by atoms with E-state index in [1.165, 1.54) is 4.68 Å². The molecule has 0 spiro atoms. The van der Waals surface area contributed by atoms with Crippen molar-refractivity contribution in [1.29, 1.82) is 0 Å². The first-order valence-electron chi connectivity index (χ1n) is 4.52. The van der Waals surface area contributed by atoms with Gasteiger partial charge in [0.25, 0.3) is 0 Å². The summed E-state index contributed by atoms with van der Waals surface area (Å²) in [7, 11) is 0. The van der Waals surface area contributed by atoms with Crippen molar-refractivity contribution in [2.75, 3.05) is 5.73 Å². The summed E-state index contributed by atoms with van der Waals surface area (Å²) in [6, 6.07) is 7.05. The Kier molecular flexibility index (Phi) is 3.22. The second-order valence-electron chi connectivity index (χ2n) is 3.13. The monoisotopic (exact) mass is 257 g/mol. The second-order valence-corrected chi connectivity index (χ2v) is 3.97. The predicted octanol–water partition coefficient (Wildman–Crippen LogP) is 2.81. The van der Waals surface area contributed by atoms with Crippen molar-refractivity contribution in [3.63, 3.8) is 0 Å². The fraction of sp³-hybridized carbons (Fsp3) is 0.100. The van der Waals surface area contributed by atoms with Crippen LogP contribution < -0.4 is 10.5 Å². The van der Waals surface area contributed by atoms with Crippen LogP contribution in [0.4, 0.5) is 5.82 Å². The van der Waals surface area contributed by atoms with Crippen LogP contribution in [0.3, 0.4) is 0 Å². The highest BCUT2D eigenvalue weighted by molar-refractivity contribution is 6.32. The van der Waals surface area contributed by atoms with Gasteiger partial charge in [-0.15, -0.1) is 0 Å². The summed E-state index contributed by atoms with van der Waals surface area (Å²) in [4.78, 5) is 0. The van der Waals surface area contributed by atoms with Crippen LogP contribution in [0.2, 0.25) is 10.0 Å². The first-order chi connectivity index (χ1) is 7.65.